The number of carbonyl (C=O) groups excluding carboxylic acids is 1. The van der Waals surface area contributed by atoms with Crippen molar-refractivity contribution in [2.24, 2.45) is 5.41 Å². The zero-order chi connectivity index (χ0) is 18.3. The van der Waals surface area contributed by atoms with Crippen LogP contribution < -0.4 is 0 Å². The van der Waals surface area contributed by atoms with Crippen LogP contribution in [0.3, 0.4) is 0 Å². The summed E-state index contributed by atoms with van der Waals surface area (Å²) in [5, 5.41) is 0. The first-order valence-corrected chi connectivity index (χ1v) is 9.40. The summed E-state index contributed by atoms with van der Waals surface area (Å²) in [6, 6.07) is 4.36. The number of pyridine rings is 1. The molecule has 1 spiro atoms. The molecule has 2 aliphatic rings. The predicted octanol–water partition coefficient (Wildman–Crippen LogP) is 2.31. The van der Waals surface area contributed by atoms with E-state index in [0.29, 0.717) is 12.6 Å². The van der Waals surface area contributed by atoms with Gasteiger partial charge >= 0.3 is 0 Å². The number of hydrogen-bond acceptors (Lipinski definition) is 4. The maximum atomic E-state index is 13.5. The molecular formula is C20H27N5O. The van der Waals surface area contributed by atoms with Crippen LogP contribution in [0.5, 0.6) is 0 Å². The Morgan fingerprint density at radius 2 is 2.08 bits per heavy atom. The summed E-state index contributed by atoms with van der Waals surface area (Å²) in [6.07, 6.45) is 8.52. The van der Waals surface area contributed by atoms with Crippen molar-refractivity contribution in [3.63, 3.8) is 0 Å². The largest absolute Gasteiger partial charge is 0.338 e. The molecule has 2 aromatic rings. The number of likely N-dealkylation sites (N-methyl/N-ethyl adjacent to an activating group) is 1. The molecule has 4 heterocycles. The van der Waals surface area contributed by atoms with Gasteiger partial charge in [-0.2, -0.15) is 0 Å². The first kappa shape index (κ1) is 17.2. The van der Waals surface area contributed by atoms with Crippen molar-refractivity contribution >= 4 is 5.91 Å². The molecule has 2 aromatic heterocycles. The Morgan fingerprint density at radius 1 is 1.31 bits per heavy atom. The fourth-order valence-electron chi connectivity index (χ4n) is 4.52. The first-order valence-electron chi connectivity index (χ1n) is 9.40. The first-order chi connectivity index (χ1) is 12.5. The third-order valence-electron chi connectivity index (χ3n) is 5.95. The van der Waals surface area contributed by atoms with Gasteiger partial charge in [0.1, 0.15) is 0 Å². The van der Waals surface area contributed by atoms with Gasteiger partial charge in [0, 0.05) is 56.7 Å². The van der Waals surface area contributed by atoms with Gasteiger partial charge in [0.2, 0.25) is 5.91 Å². The van der Waals surface area contributed by atoms with E-state index >= 15 is 0 Å². The predicted molar refractivity (Wildman–Crippen MR) is 99.6 cm³/mol. The summed E-state index contributed by atoms with van der Waals surface area (Å²) in [5.41, 5.74) is 1.86. The van der Waals surface area contributed by atoms with Crippen LogP contribution in [0.1, 0.15) is 43.5 Å². The zero-order valence-corrected chi connectivity index (χ0v) is 15.8. The average Bonchev–Trinajstić information content (AvgIpc) is 3.30. The van der Waals surface area contributed by atoms with Crippen LogP contribution in [0.25, 0.3) is 0 Å². The van der Waals surface area contributed by atoms with Gasteiger partial charge in [0.15, 0.2) is 0 Å². The zero-order valence-electron chi connectivity index (χ0n) is 15.8. The summed E-state index contributed by atoms with van der Waals surface area (Å²) in [6.45, 7) is 7.50. The van der Waals surface area contributed by atoms with Crippen LogP contribution in [0.4, 0.5) is 0 Å². The van der Waals surface area contributed by atoms with Crippen LogP contribution in [0, 0.1) is 5.41 Å². The van der Waals surface area contributed by atoms with Crippen molar-refractivity contribution in [1.82, 2.24) is 24.3 Å². The summed E-state index contributed by atoms with van der Waals surface area (Å²) < 4.78 is 2.13. The van der Waals surface area contributed by atoms with Crippen LogP contribution >= 0.6 is 0 Å². The fraction of sp³-hybridized carbons (Fsp3) is 0.550. The van der Waals surface area contributed by atoms with E-state index in [9.17, 15) is 4.79 Å². The lowest BCUT2D eigenvalue weighted by Crippen LogP contribution is -2.39. The summed E-state index contributed by atoms with van der Waals surface area (Å²) in [5.74, 6) is 0.449. The third kappa shape index (κ3) is 2.82. The van der Waals surface area contributed by atoms with Gasteiger partial charge in [-0.1, -0.05) is 0 Å². The molecule has 0 aromatic carbocycles. The van der Waals surface area contributed by atoms with Crippen molar-refractivity contribution < 1.29 is 4.79 Å². The van der Waals surface area contributed by atoms with Gasteiger partial charge in [-0.3, -0.25) is 9.78 Å². The number of carbonyl (C=O) groups is 1. The second-order valence-electron chi connectivity index (χ2n) is 8.08. The highest BCUT2D eigenvalue weighted by atomic mass is 16.2. The van der Waals surface area contributed by atoms with Gasteiger partial charge in [0.05, 0.1) is 17.4 Å². The van der Waals surface area contributed by atoms with E-state index in [1.807, 2.05) is 23.4 Å². The van der Waals surface area contributed by atoms with Gasteiger partial charge in [0.25, 0.3) is 0 Å². The highest BCUT2D eigenvalue weighted by Gasteiger charge is 2.57. The lowest BCUT2D eigenvalue weighted by atomic mass is 9.75. The molecule has 6 nitrogen and oxygen atoms in total. The smallest absolute Gasteiger partial charge is 0.231 e. The van der Waals surface area contributed by atoms with E-state index in [1.165, 1.54) is 0 Å². The number of amides is 1. The van der Waals surface area contributed by atoms with E-state index in [1.54, 1.807) is 12.4 Å². The molecule has 0 aliphatic carbocycles. The quantitative estimate of drug-likeness (QED) is 0.846. The molecule has 2 aliphatic heterocycles. The van der Waals surface area contributed by atoms with E-state index in [-0.39, 0.29) is 17.2 Å². The van der Waals surface area contributed by atoms with Crippen LogP contribution in [0.15, 0.2) is 37.1 Å². The second kappa shape index (κ2) is 6.50. The Hall–Kier alpha value is -2.21. The van der Waals surface area contributed by atoms with Crippen LogP contribution in [-0.2, 0) is 11.3 Å². The number of imidazole rings is 1. The van der Waals surface area contributed by atoms with Crippen molar-refractivity contribution in [1.29, 1.82) is 0 Å². The molecule has 1 amide bonds. The minimum absolute atomic E-state index is 0.169. The highest BCUT2D eigenvalue weighted by Crippen LogP contribution is 2.49. The van der Waals surface area contributed by atoms with Crippen LogP contribution in [0.2, 0.25) is 0 Å². The molecule has 6 heteroatoms. The topological polar surface area (TPSA) is 54.3 Å². The molecular weight excluding hydrogens is 326 g/mol. The average molecular weight is 353 g/mol. The molecule has 0 unspecified atom stereocenters. The molecule has 138 valence electrons. The minimum atomic E-state index is -0.335. The molecule has 2 atom stereocenters. The second-order valence-corrected chi connectivity index (χ2v) is 8.08. The third-order valence-corrected chi connectivity index (χ3v) is 5.95. The molecule has 0 saturated carbocycles. The SMILES string of the molecule is CC(C)n1cnc([C@@H]2CN(C)C[C@]23CCN(Cc2ccncc2)C3=O)c1. The normalized spacial score (nSPS) is 26.5. The molecule has 4 rings (SSSR count). The fourth-order valence-corrected chi connectivity index (χ4v) is 4.52. The van der Waals surface area contributed by atoms with E-state index in [2.05, 4.69) is 46.5 Å². The number of hydrogen-bond donors (Lipinski definition) is 0. The Labute approximate surface area is 154 Å². The molecule has 2 saturated heterocycles. The standard InChI is InChI=1S/C20H27N5O/c1-15(2)25-12-18(22-14-25)17-11-23(3)13-20(17)6-9-24(19(20)26)10-16-4-7-21-8-5-16/h4-5,7-8,12,14-15,17H,6,9-11,13H2,1-3H3/t17-,20+/m0/s1. The van der Waals surface area contributed by atoms with Gasteiger partial charge in [-0.15, -0.1) is 0 Å². The maximum Gasteiger partial charge on any atom is 0.231 e. The Morgan fingerprint density at radius 3 is 2.77 bits per heavy atom. The molecule has 0 N–H and O–H groups in total. The van der Waals surface area contributed by atoms with Gasteiger partial charge in [-0.25, -0.2) is 4.98 Å². The molecule has 2 fully saturated rings. The van der Waals surface area contributed by atoms with Gasteiger partial charge in [-0.05, 0) is 45.0 Å². The lowest BCUT2D eigenvalue weighted by Gasteiger charge is -2.28. The Kier molecular flexibility index (Phi) is 4.31. The minimum Gasteiger partial charge on any atom is -0.338 e. The molecule has 0 radical (unpaired) electrons. The summed E-state index contributed by atoms with van der Waals surface area (Å²) >= 11 is 0. The monoisotopic (exact) mass is 353 g/mol. The summed E-state index contributed by atoms with van der Waals surface area (Å²) in [7, 11) is 2.11. The van der Waals surface area contributed by atoms with Crippen molar-refractivity contribution in [2.45, 2.75) is 38.8 Å². The number of nitrogens with zero attached hydrogens (tertiary/aromatic N) is 5. The molecule has 0 bridgehead atoms. The Balaban J connectivity index is 1.60. The van der Waals surface area contributed by atoms with E-state index in [0.717, 1.165) is 37.3 Å². The maximum absolute atomic E-state index is 13.5. The number of aromatic nitrogens is 3. The summed E-state index contributed by atoms with van der Waals surface area (Å²) in [4.78, 5) is 26.5. The van der Waals surface area contributed by atoms with Crippen LogP contribution in [-0.4, -0.2) is 56.9 Å². The number of likely N-dealkylation sites (tertiary alicyclic amines) is 2. The van der Waals surface area contributed by atoms with Gasteiger partial charge < -0.3 is 14.4 Å². The molecule has 26 heavy (non-hydrogen) atoms. The van der Waals surface area contributed by atoms with E-state index in [4.69, 9.17) is 0 Å². The number of rotatable bonds is 4. The van der Waals surface area contributed by atoms with E-state index < -0.39 is 0 Å². The lowest BCUT2D eigenvalue weighted by molar-refractivity contribution is -0.136. The van der Waals surface area contributed by atoms with Crippen molar-refractivity contribution in [3.05, 3.63) is 48.3 Å². The Bertz CT molecular complexity index is 787. The van der Waals surface area contributed by atoms with Crippen molar-refractivity contribution in [3.8, 4) is 0 Å². The highest BCUT2D eigenvalue weighted by molar-refractivity contribution is 5.86. The van der Waals surface area contributed by atoms with Crippen molar-refractivity contribution in [2.75, 3.05) is 26.7 Å².